The van der Waals surface area contributed by atoms with Crippen LogP contribution in [0.3, 0.4) is 0 Å². The average Bonchev–Trinajstić information content (AvgIpc) is 3.21. The highest BCUT2D eigenvalue weighted by Gasteiger charge is 2.35. The molecule has 1 fully saturated rings. The number of benzene rings is 1. The molecular formula is C19H21N3O2S. The van der Waals surface area contributed by atoms with Crippen molar-refractivity contribution in [2.24, 2.45) is 11.0 Å². The molecule has 3 rings (SSSR count). The fourth-order valence-corrected chi connectivity index (χ4v) is 3.59. The Hall–Kier alpha value is -2.47. The van der Waals surface area contributed by atoms with Crippen molar-refractivity contribution in [3.8, 4) is 0 Å². The molecule has 2 amide bonds. The number of hydrogen-bond acceptors (Lipinski definition) is 4. The molecule has 130 valence electrons. The van der Waals surface area contributed by atoms with Crippen LogP contribution in [0.5, 0.6) is 0 Å². The Morgan fingerprint density at radius 3 is 2.76 bits per heavy atom. The third kappa shape index (κ3) is 3.96. The molecule has 0 bridgehead atoms. The van der Waals surface area contributed by atoms with Gasteiger partial charge in [0.2, 0.25) is 11.8 Å². The van der Waals surface area contributed by atoms with Gasteiger partial charge in [0.15, 0.2) is 0 Å². The molecule has 1 saturated heterocycles. The second-order valence-electron chi connectivity index (χ2n) is 6.13. The summed E-state index contributed by atoms with van der Waals surface area (Å²) in [5.74, 6) is -0.617. The summed E-state index contributed by atoms with van der Waals surface area (Å²) in [4.78, 5) is 27.2. The van der Waals surface area contributed by atoms with Crippen molar-refractivity contribution in [3.05, 3.63) is 51.7 Å². The van der Waals surface area contributed by atoms with Gasteiger partial charge in [0.05, 0.1) is 12.1 Å². The summed E-state index contributed by atoms with van der Waals surface area (Å²) in [6, 6.07) is 9.92. The predicted octanol–water partition coefficient (Wildman–Crippen LogP) is 3.12. The summed E-state index contributed by atoms with van der Waals surface area (Å²) in [7, 11) is 0. The summed E-state index contributed by atoms with van der Waals surface area (Å²) in [6.07, 6.45) is 2.83. The Morgan fingerprint density at radius 2 is 2.12 bits per heavy atom. The number of thiophene rings is 1. The van der Waals surface area contributed by atoms with Gasteiger partial charge < -0.3 is 4.90 Å². The number of hydrazone groups is 1. The standard InChI is InChI=1S/C19H21N3O2S/c1-3-14-4-6-16(7-5-14)22-12-15(10-18(22)23)19(24)21-20-11-17-13(2)8-9-25-17/h4-9,11,15H,3,10,12H2,1-2H3,(H,21,24)/b20-11-/t15-/m0/s1. The summed E-state index contributed by atoms with van der Waals surface area (Å²) in [6.45, 7) is 4.48. The molecular weight excluding hydrogens is 334 g/mol. The minimum Gasteiger partial charge on any atom is -0.312 e. The number of carbonyl (C=O) groups is 2. The largest absolute Gasteiger partial charge is 0.312 e. The zero-order valence-corrected chi connectivity index (χ0v) is 15.2. The summed E-state index contributed by atoms with van der Waals surface area (Å²) >= 11 is 1.57. The van der Waals surface area contributed by atoms with E-state index in [1.54, 1.807) is 22.5 Å². The number of hydrogen-bond donors (Lipinski definition) is 1. The molecule has 1 N–H and O–H groups in total. The van der Waals surface area contributed by atoms with Gasteiger partial charge in [-0.15, -0.1) is 11.3 Å². The van der Waals surface area contributed by atoms with Crippen LogP contribution in [-0.4, -0.2) is 24.6 Å². The molecule has 1 aromatic carbocycles. The smallest absolute Gasteiger partial charge is 0.245 e. The first-order valence-electron chi connectivity index (χ1n) is 8.34. The topological polar surface area (TPSA) is 61.8 Å². The maximum Gasteiger partial charge on any atom is 0.245 e. The SMILES string of the molecule is CCc1ccc(N2C[C@@H](C(=O)N/N=C\c3sccc3C)CC2=O)cc1. The molecule has 5 nitrogen and oxygen atoms in total. The Kier molecular flexibility index (Phi) is 5.28. The second kappa shape index (κ2) is 7.61. The van der Waals surface area contributed by atoms with Gasteiger partial charge in [-0.3, -0.25) is 9.59 Å². The van der Waals surface area contributed by atoms with Crippen LogP contribution in [0.4, 0.5) is 5.69 Å². The zero-order valence-electron chi connectivity index (χ0n) is 14.4. The number of aryl methyl sites for hydroxylation is 2. The highest BCUT2D eigenvalue weighted by molar-refractivity contribution is 7.11. The zero-order chi connectivity index (χ0) is 17.8. The average molecular weight is 355 g/mol. The van der Waals surface area contributed by atoms with Crippen LogP contribution in [-0.2, 0) is 16.0 Å². The third-order valence-corrected chi connectivity index (χ3v) is 5.36. The summed E-state index contributed by atoms with van der Waals surface area (Å²) in [5.41, 5.74) is 5.75. The van der Waals surface area contributed by atoms with Crippen molar-refractivity contribution in [3.63, 3.8) is 0 Å². The van der Waals surface area contributed by atoms with E-state index in [1.807, 2.05) is 42.6 Å². The van der Waals surface area contributed by atoms with E-state index >= 15 is 0 Å². The lowest BCUT2D eigenvalue weighted by Gasteiger charge is -2.16. The summed E-state index contributed by atoms with van der Waals surface area (Å²) in [5, 5.41) is 6.00. The number of rotatable bonds is 5. The van der Waals surface area contributed by atoms with E-state index in [0.29, 0.717) is 6.54 Å². The highest BCUT2D eigenvalue weighted by atomic mass is 32.1. The predicted molar refractivity (Wildman–Crippen MR) is 101 cm³/mol. The molecule has 0 radical (unpaired) electrons. The minimum absolute atomic E-state index is 0.0255. The normalized spacial score (nSPS) is 17.4. The molecule has 1 aromatic heterocycles. The Bertz CT molecular complexity index is 795. The molecule has 0 saturated carbocycles. The Labute approximate surface area is 151 Å². The van der Waals surface area contributed by atoms with Crippen LogP contribution in [0.25, 0.3) is 0 Å². The highest BCUT2D eigenvalue weighted by Crippen LogP contribution is 2.25. The molecule has 0 aliphatic carbocycles. The molecule has 0 spiro atoms. The number of anilines is 1. The van der Waals surface area contributed by atoms with E-state index < -0.39 is 0 Å². The van der Waals surface area contributed by atoms with Crippen molar-refractivity contribution < 1.29 is 9.59 Å². The lowest BCUT2D eigenvalue weighted by atomic mass is 10.1. The van der Waals surface area contributed by atoms with Crippen molar-refractivity contribution in [2.75, 3.05) is 11.4 Å². The fraction of sp³-hybridized carbons (Fsp3) is 0.316. The molecule has 1 aliphatic rings. The molecule has 6 heteroatoms. The minimum atomic E-state index is -0.375. The molecule has 25 heavy (non-hydrogen) atoms. The van der Waals surface area contributed by atoms with E-state index in [0.717, 1.165) is 22.5 Å². The van der Waals surface area contributed by atoms with Crippen molar-refractivity contribution in [1.82, 2.24) is 5.43 Å². The second-order valence-corrected chi connectivity index (χ2v) is 7.08. The number of amides is 2. The number of nitrogens with one attached hydrogen (secondary N) is 1. The Balaban J connectivity index is 1.60. The quantitative estimate of drug-likeness (QED) is 0.662. The maximum absolute atomic E-state index is 12.3. The molecule has 1 atom stereocenters. The molecule has 2 aromatic rings. The van der Waals surface area contributed by atoms with Crippen molar-refractivity contribution in [1.29, 1.82) is 0 Å². The van der Waals surface area contributed by atoms with Gasteiger partial charge >= 0.3 is 0 Å². The van der Waals surface area contributed by atoms with Crippen molar-refractivity contribution >= 4 is 35.1 Å². The van der Waals surface area contributed by atoms with Gasteiger partial charge in [0.1, 0.15) is 0 Å². The van der Waals surface area contributed by atoms with Gasteiger partial charge in [-0.25, -0.2) is 5.43 Å². The number of nitrogens with zero attached hydrogens (tertiary/aromatic N) is 2. The van der Waals surface area contributed by atoms with E-state index in [1.165, 1.54) is 5.56 Å². The first-order chi connectivity index (χ1) is 12.1. The van der Waals surface area contributed by atoms with Gasteiger partial charge in [-0.2, -0.15) is 5.10 Å². The molecule has 0 unspecified atom stereocenters. The van der Waals surface area contributed by atoms with Gasteiger partial charge in [-0.1, -0.05) is 19.1 Å². The first-order valence-corrected chi connectivity index (χ1v) is 9.22. The van der Waals surface area contributed by atoms with Gasteiger partial charge in [0.25, 0.3) is 0 Å². The fourth-order valence-electron chi connectivity index (χ4n) is 2.81. The van der Waals surface area contributed by atoms with Crippen molar-refractivity contribution in [2.45, 2.75) is 26.7 Å². The van der Waals surface area contributed by atoms with E-state index in [4.69, 9.17) is 0 Å². The van der Waals surface area contributed by atoms with Crippen LogP contribution >= 0.6 is 11.3 Å². The monoisotopic (exact) mass is 355 g/mol. The Morgan fingerprint density at radius 1 is 1.36 bits per heavy atom. The van der Waals surface area contributed by atoms with Gasteiger partial charge in [-0.05, 0) is 48.1 Å². The third-order valence-electron chi connectivity index (χ3n) is 4.41. The van der Waals surface area contributed by atoms with Crippen LogP contribution in [0.15, 0.2) is 40.8 Å². The lowest BCUT2D eigenvalue weighted by molar-refractivity contribution is -0.126. The first kappa shape index (κ1) is 17.4. The maximum atomic E-state index is 12.3. The van der Waals surface area contributed by atoms with Crippen LogP contribution in [0, 0.1) is 12.8 Å². The van der Waals surface area contributed by atoms with E-state index in [-0.39, 0.29) is 24.2 Å². The van der Waals surface area contributed by atoms with E-state index in [2.05, 4.69) is 17.5 Å². The molecule has 1 aliphatic heterocycles. The number of carbonyl (C=O) groups excluding carboxylic acids is 2. The van der Waals surface area contributed by atoms with Crippen LogP contribution in [0.2, 0.25) is 0 Å². The summed E-state index contributed by atoms with van der Waals surface area (Å²) < 4.78 is 0. The van der Waals surface area contributed by atoms with Crippen LogP contribution < -0.4 is 10.3 Å². The van der Waals surface area contributed by atoms with Gasteiger partial charge in [0, 0.05) is 23.5 Å². The molecule has 2 heterocycles. The van der Waals surface area contributed by atoms with Crippen LogP contribution in [0.1, 0.15) is 29.3 Å². The lowest BCUT2D eigenvalue weighted by Crippen LogP contribution is -2.30. The van der Waals surface area contributed by atoms with E-state index in [9.17, 15) is 9.59 Å².